The Morgan fingerprint density at radius 2 is 2.00 bits per heavy atom. The Balaban J connectivity index is 2.10. The number of benzene rings is 1. The first-order valence-electron chi connectivity index (χ1n) is 5.83. The summed E-state index contributed by atoms with van der Waals surface area (Å²) in [5, 5.41) is 0. The summed E-state index contributed by atoms with van der Waals surface area (Å²) >= 11 is 1.48. The van der Waals surface area contributed by atoms with Crippen LogP contribution in [0, 0.1) is 6.92 Å². The van der Waals surface area contributed by atoms with Crippen molar-refractivity contribution in [2.45, 2.75) is 6.92 Å². The largest absolute Gasteiger partial charge is 0.382 e. The van der Waals surface area contributed by atoms with E-state index in [0.29, 0.717) is 5.82 Å². The molecular weight excluding hydrogens is 256 g/mol. The first kappa shape index (κ1) is 11.8. The highest BCUT2D eigenvalue weighted by Crippen LogP contribution is 2.29. The second-order valence-corrected chi connectivity index (χ2v) is 5.07. The summed E-state index contributed by atoms with van der Waals surface area (Å²) in [6, 6.07) is 8.30. The molecular formula is C14H12N4S. The van der Waals surface area contributed by atoms with E-state index in [2.05, 4.69) is 39.5 Å². The van der Waals surface area contributed by atoms with Gasteiger partial charge in [-0.1, -0.05) is 12.1 Å². The molecule has 0 saturated heterocycles. The Hall–Kier alpha value is -2.27. The van der Waals surface area contributed by atoms with Crippen LogP contribution in [0.5, 0.6) is 0 Å². The molecule has 0 amide bonds. The lowest BCUT2D eigenvalue weighted by Gasteiger charge is -2.07. The van der Waals surface area contributed by atoms with Gasteiger partial charge in [0.1, 0.15) is 5.82 Å². The molecule has 3 rings (SSSR count). The molecule has 3 aromatic rings. The Labute approximate surface area is 115 Å². The van der Waals surface area contributed by atoms with Crippen molar-refractivity contribution in [1.29, 1.82) is 0 Å². The van der Waals surface area contributed by atoms with Crippen LogP contribution in [0.3, 0.4) is 0 Å². The van der Waals surface area contributed by atoms with Crippen molar-refractivity contribution in [2.24, 2.45) is 0 Å². The number of hydrogen-bond donors (Lipinski definition) is 1. The van der Waals surface area contributed by atoms with E-state index in [1.165, 1.54) is 11.5 Å². The van der Waals surface area contributed by atoms with Gasteiger partial charge in [-0.05, 0) is 41.7 Å². The number of nitrogens with two attached hydrogens (primary N) is 1. The van der Waals surface area contributed by atoms with Crippen LogP contribution in [-0.2, 0) is 0 Å². The number of nitrogen functional groups attached to an aromatic ring is 1. The van der Waals surface area contributed by atoms with E-state index in [-0.39, 0.29) is 0 Å². The Morgan fingerprint density at radius 3 is 2.68 bits per heavy atom. The molecule has 1 aromatic carbocycles. The number of aromatic nitrogens is 3. The zero-order valence-electron chi connectivity index (χ0n) is 10.4. The normalized spacial score (nSPS) is 10.6. The third kappa shape index (κ3) is 2.32. The second kappa shape index (κ2) is 4.78. The maximum atomic E-state index is 5.57. The molecule has 19 heavy (non-hydrogen) atoms. The van der Waals surface area contributed by atoms with Gasteiger partial charge in [-0.15, -0.1) is 0 Å². The van der Waals surface area contributed by atoms with Crippen molar-refractivity contribution in [3.63, 3.8) is 0 Å². The molecule has 2 N–H and O–H groups in total. The minimum Gasteiger partial charge on any atom is -0.382 e. The summed E-state index contributed by atoms with van der Waals surface area (Å²) in [5.74, 6) is 0.431. The lowest BCUT2D eigenvalue weighted by molar-refractivity contribution is 1.21. The summed E-state index contributed by atoms with van der Waals surface area (Å²) in [7, 11) is 0. The monoisotopic (exact) mass is 268 g/mol. The van der Waals surface area contributed by atoms with Crippen molar-refractivity contribution in [3.05, 3.63) is 48.4 Å². The van der Waals surface area contributed by atoms with Gasteiger partial charge in [0.05, 0.1) is 23.0 Å². The lowest BCUT2D eigenvalue weighted by atomic mass is 10.0. The predicted octanol–water partition coefficient (Wildman–Crippen LogP) is 3.16. The van der Waals surface area contributed by atoms with Crippen molar-refractivity contribution in [3.8, 4) is 21.7 Å². The van der Waals surface area contributed by atoms with Gasteiger partial charge in [-0.3, -0.25) is 4.98 Å². The molecule has 4 nitrogen and oxygen atoms in total. The molecule has 2 heterocycles. The zero-order valence-corrected chi connectivity index (χ0v) is 11.2. The SMILES string of the molecule is Cc1ccc(-c2ccns2)cc1-c1cnc(N)cn1. The van der Waals surface area contributed by atoms with Gasteiger partial charge in [-0.2, -0.15) is 0 Å². The van der Waals surface area contributed by atoms with E-state index in [9.17, 15) is 0 Å². The van der Waals surface area contributed by atoms with Crippen molar-refractivity contribution in [2.75, 3.05) is 5.73 Å². The van der Waals surface area contributed by atoms with Crippen LogP contribution >= 0.6 is 11.5 Å². The summed E-state index contributed by atoms with van der Waals surface area (Å²) in [4.78, 5) is 9.57. The van der Waals surface area contributed by atoms with Gasteiger partial charge in [0.2, 0.25) is 0 Å². The molecule has 5 heteroatoms. The van der Waals surface area contributed by atoms with Gasteiger partial charge in [0.25, 0.3) is 0 Å². The number of hydrogen-bond acceptors (Lipinski definition) is 5. The van der Waals surface area contributed by atoms with E-state index in [1.54, 1.807) is 12.4 Å². The highest BCUT2D eigenvalue weighted by molar-refractivity contribution is 7.09. The molecule has 2 aromatic heterocycles. The third-order valence-electron chi connectivity index (χ3n) is 2.91. The van der Waals surface area contributed by atoms with Gasteiger partial charge in [-0.25, -0.2) is 9.36 Å². The second-order valence-electron chi connectivity index (χ2n) is 4.23. The fourth-order valence-electron chi connectivity index (χ4n) is 1.89. The quantitative estimate of drug-likeness (QED) is 0.775. The highest BCUT2D eigenvalue weighted by atomic mass is 32.1. The molecule has 0 saturated carbocycles. The van der Waals surface area contributed by atoms with E-state index >= 15 is 0 Å². The standard InChI is InChI=1S/C14H12N4S/c1-9-2-3-10(13-4-5-18-19-13)6-11(9)12-7-17-14(15)8-16-12/h2-8H,1H3,(H2,15,17). The minimum absolute atomic E-state index is 0.431. The fraction of sp³-hybridized carbons (Fsp3) is 0.0714. The number of aryl methyl sites for hydroxylation is 1. The van der Waals surface area contributed by atoms with Crippen LogP contribution in [0.15, 0.2) is 42.9 Å². The molecule has 0 atom stereocenters. The molecule has 0 aliphatic heterocycles. The Morgan fingerprint density at radius 1 is 1.11 bits per heavy atom. The Kier molecular flexibility index (Phi) is 2.97. The first-order valence-corrected chi connectivity index (χ1v) is 6.61. The van der Waals surface area contributed by atoms with Crippen LogP contribution in [0.25, 0.3) is 21.7 Å². The smallest absolute Gasteiger partial charge is 0.141 e. The van der Waals surface area contributed by atoms with Crippen LogP contribution in [0.1, 0.15) is 5.56 Å². The molecule has 0 unspecified atom stereocenters. The van der Waals surface area contributed by atoms with E-state index < -0.39 is 0 Å². The van der Waals surface area contributed by atoms with E-state index in [0.717, 1.165) is 27.3 Å². The first-order chi connectivity index (χ1) is 9.24. The average Bonchev–Trinajstić information content (AvgIpc) is 2.94. The molecule has 0 spiro atoms. The number of anilines is 1. The highest BCUT2D eigenvalue weighted by Gasteiger charge is 2.07. The van der Waals surface area contributed by atoms with Crippen molar-refractivity contribution in [1.82, 2.24) is 14.3 Å². The zero-order chi connectivity index (χ0) is 13.2. The minimum atomic E-state index is 0.431. The van der Waals surface area contributed by atoms with E-state index in [4.69, 9.17) is 5.73 Å². The summed E-state index contributed by atoms with van der Waals surface area (Å²) in [6.07, 6.45) is 5.09. The molecule has 0 bridgehead atoms. The van der Waals surface area contributed by atoms with Gasteiger partial charge in [0, 0.05) is 11.8 Å². The van der Waals surface area contributed by atoms with Crippen molar-refractivity contribution < 1.29 is 0 Å². The van der Waals surface area contributed by atoms with Crippen LogP contribution in [0.4, 0.5) is 5.82 Å². The lowest BCUT2D eigenvalue weighted by Crippen LogP contribution is -1.94. The van der Waals surface area contributed by atoms with Crippen molar-refractivity contribution >= 4 is 17.4 Å². The fourth-order valence-corrected chi connectivity index (χ4v) is 2.48. The number of rotatable bonds is 2. The van der Waals surface area contributed by atoms with Gasteiger partial charge < -0.3 is 5.73 Å². The molecule has 0 radical (unpaired) electrons. The molecule has 0 fully saturated rings. The maximum absolute atomic E-state index is 5.57. The average molecular weight is 268 g/mol. The molecule has 0 aliphatic carbocycles. The number of nitrogens with zero attached hydrogens (tertiary/aromatic N) is 3. The molecule has 94 valence electrons. The van der Waals surface area contributed by atoms with E-state index in [1.807, 2.05) is 12.3 Å². The summed E-state index contributed by atoms with van der Waals surface area (Å²) in [5.41, 5.74) is 9.77. The third-order valence-corrected chi connectivity index (χ3v) is 3.70. The summed E-state index contributed by atoms with van der Waals surface area (Å²) < 4.78 is 4.13. The summed E-state index contributed by atoms with van der Waals surface area (Å²) in [6.45, 7) is 2.06. The maximum Gasteiger partial charge on any atom is 0.141 e. The predicted molar refractivity (Wildman–Crippen MR) is 77.7 cm³/mol. The topological polar surface area (TPSA) is 64.7 Å². The Bertz CT molecular complexity index is 690. The van der Waals surface area contributed by atoms with Crippen LogP contribution in [-0.4, -0.2) is 14.3 Å². The van der Waals surface area contributed by atoms with Gasteiger partial charge in [0.15, 0.2) is 0 Å². The van der Waals surface area contributed by atoms with Crippen LogP contribution in [0.2, 0.25) is 0 Å². The van der Waals surface area contributed by atoms with Gasteiger partial charge >= 0.3 is 0 Å². The van der Waals surface area contributed by atoms with Crippen LogP contribution < -0.4 is 5.73 Å². The molecule has 0 aliphatic rings.